The fraction of sp³-hybridized carbons (Fsp3) is 0.684. The molecule has 1 fully saturated rings. The van der Waals surface area contributed by atoms with E-state index in [1.165, 1.54) is 7.11 Å². The number of likely N-dealkylation sites (tertiary alicyclic amines) is 1. The maximum absolute atomic E-state index is 13.3. The van der Waals surface area contributed by atoms with E-state index in [2.05, 4.69) is 6.92 Å². The van der Waals surface area contributed by atoms with E-state index in [-0.39, 0.29) is 23.8 Å². The topological polar surface area (TPSA) is 59.1 Å². The van der Waals surface area contributed by atoms with E-state index in [0.29, 0.717) is 17.8 Å². The number of esters is 1. The standard InChI is InChI=1S/C19H30N2O4/c1-5-6-9-15-16(11-20(2)12-17(15)19(23)25-4)18(22)21-10-7-8-14(21)13-24-3/h11-12,14-15H,5-10,13H2,1-4H3/t14-,15-/m0/s1. The Kier molecular flexibility index (Phi) is 7.05. The third-order valence-electron chi connectivity index (χ3n) is 4.95. The predicted octanol–water partition coefficient (Wildman–Crippen LogP) is 2.32. The Morgan fingerprint density at radius 3 is 2.60 bits per heavy atom. The Morgan fingerprint density at radius 2 is 1.96 bits per heavy atom. The Balaban J connectivity index is 2.28. The van der Waals surface area contributed by atoms with Crippen molar-refractivity contribution in [3.05, 3.63) is 23.5 Å². The molecule has 140 valence electrons. The van der Waals surface area contributed by atoms with Crippen molar-refractivity contribution in [3.8, 4) is 0 Å². The molecular weight excluding hydrogens is 320 g/mol. The summed E-state index contributed by atoms with van der Waals surface area (Å²) < 4.78 is 10.2. The van der Waals surface area contributed by atoms with Gasteiger partial charge in [0.2, 0.25) is 0 Å². The maximum Gasteiger partial charge on any atom is 0.335 e. The summed E-state index contributed by atoms with van der Waals surface area (Å²) in [7, 11) is 4.88. The minimum Gasteiger partial charge on any atom is -0.466 e. The molecule has 2 atom stereocenters. The number of amides is 1. The van der Waals surface area contributed by atoms with Crippen molar-refractivity contribution in [2.24, 2.45) is 5.92 Å². The molecule has 2 rings (SSSR count). The number of nitrogens with zero attached hydrogens (tertiary/aromatic N) is 2. The van der Waals surface area contributed by atoms with Gasteiger partial charge in [0.25, 0.3) is 5.91 Å². The van der Waals surface area contributed by atoms with Crippen LogP contribution < -0.4 is 0 Å². The molecule has 0 bridgehead atoms. The van der Waals surface area contributed by atoms with Crippen LogP contribution in [0.1, 0.15) is 39.0 Å². The van der Waals surface area contributed by atoms with Crippen molar-refractivity contribution in [1.82, 2.24) is 9.80 Å². The van der Waals surface area contributed by atoms with Gasteiger partial charge in [-0.1, -0.05) is 19.8 Å². The molecule has 0 aliphatic carbocycles. The summed E-state index contributed by atoms with van der Waals surface area (Å²) in [6.45, 7) is 3.40. The molecule has 0 aromatic rings. The maximum atomic E-state index is 13.3. The molecule has 25 heavy (non-hydrogen) atoms. The lowest BCUT2D eigenvalue weighted by molar-refractivity contribution is -0.136. The average Bonchev–Trinajstić information content (AvgIpc) is 3.07. The highest BCUT2D eigenvalue weighted by Crippen LogP contribution is 2.34. The van der Waals surface area contributed by atoms with Gasteiger partial charge in [-0.25, -0.2) is 4.79 Å². The molecule has 1 saturated heterocycles. The second kappa shape index (κ2) is 9.04. The van der Waals surface area contributed by atoms with E-state index in [1.807, 2.05) is 18.1 Å². The second-order valence-electron chi connectivity index (χ2n) is 6.77. The van der Waals surface area contributed by atoms with Crippen molar-refractivity contribution in [1.29, 1.82) is 0 Å². The number of unbranched alkanes of at least 4 members (excludes halogenated alkanes) is 1. The number of ether oxygens (including phenoxy) is 2. The van der Waals surface area contributed by atoms with E-state index in [0.717, 1.165) is 38.6 Å². The molecule has 0 radical (unpaired) electrons. The van der Waals surface area contributed by atoms with Crippen LogP contribution in [0.2, 0.25) is 0 Å². The molecule has 0 aromatic carbocycles. The summed E-state index contributed by atoms with van der Waals surface area (Å²) in [5, 5.41) is 0. The highest BCUT2D eigenvalue weighted by atomic mass is 16.5. The molecule has 2 aliphatic rings. The zero-order valence-corrected chi connectivity index (χ0v) is 15.8. The lowest BCUT2D eigenvalue weighted by atomic mass is 9.84. The quantitative estimate of drug-likeness (QED) is 0.660. The van der Waals surface area contributed by atoms with Gasteiger partial charge in [-0.05, 0) is 19.3 Å². The van der Waals surface area contributed by atoms with Gasteiger partial charge in [0.05, 0.1) is 25.3 Å². The van der Waals surface area contributed by atoms with E-state index >= 15 is 0 Å². The Bertz CT molecular complexity index is 556. The lowest BCUT2D eigenvalue weighted by Crippen LogP contribution is -2.42. The minimum atomic E-state index is -0.360. The predicted molar refractivity (Wildman–Crippen MR) is 95.6 cm³/mol. The van der Waals surface area contributed by atoms with Crippen LogP contribution >= 0.6 is 0 Å². The molecule has 0 saturated carbocycles. The van der Waals surface area contributed by atoms with Gasteiger partial charge in [-0.2, -0.15) is 0 Å². The number of carbonyl (C=O) groups excluding carboxylic acids is 2. The van der Waals surface area contributed by atoms with Crippen LogP contribution in [0.15, 0.2) is 23.5 Å². The first kappa shape index (κ1) is 19.5. The molecule has 6 nitrogen and oxygen atoms in total. The fourth-order valence-corrected chi connectivity index (χ4v) is 3.69. The van der Waals surface area contributed by atoms with Gasteiger partial charge in [-0.3, -0.25) is 4.79 Å². The molecule has 0 unspecified atom stereocenters. The number of hydrogen-bond acceptors (Lipinski definition) is 5. The molecule has 2 heterocycles. The Labute approximate surface area is 150 Å². The summed E-state index contributed by atoms with van der Waals surface area (Å²) >= 11 is 0. The number of methoxy groups -OCH3 is 2. The Hall–Kier alpha value is -1.82. The van der Waals surface area contributed by atoms with E-state index in [4.69, 9.17) is 9.47 Å². The fourth-order valence-electron chi connectivity index (χ4n) is 3.69. The number of hydrogen-bond donors (Lipinski definition) is 0. The van der Waals surface area contributed by atoms with Gasteiger partial charge in [0.1, 0.15) is 0 Å². The first-order chi connectivity index (χ1) is 12.0. The van der Waals surface area contributed by atoms with Gasteiger partial charge in [-0.15, -0.1) is 0 Å². The zero-order valence-electron chi connectivity index (χ0n) is 15.8. The van der Waals surface area contributed by atoms with Crippen LogP contribution in [0.3, 0.4) is 0 Å². The third kappa shape index (κ3) is 4.42. The van der Waals surface area contributed by atoms with Gasteiger partial charge < -0.3 is 19.3 Å². The van der Waals surface area contributed by atoms with E-state index < -0.39 is 0 Å². The van der Waals surface area contributed by atoms with Crippen LogP contribution in [-0.2, 0) is 19.1 Å². The van der Waals surface area contributed by atoms with Crippen LogP contribution in [0, 0.1) is 5.92 Å². The molecule has 1 amide bonds. The largest absolute Gasteiger partial charge is 0.466 e. The van der Waals surface area contributed by atoms with E-state index in [9.17, 15) is 9.59 Å². The first-order valence-corrected chi connectivity index (χ1v) is 9.07. The second-order valence-corrected chi connectivity index (χ2v) is 6.77. The third-order valence-corrected chi connectivity index (χ3v) is 4.95. The van der Waals surface area contributed by atoms with Crippen molar-refractivity contribution in [3.63, 3.8) is 0 Å². The smallest absolute Gasteiger partial charge is 0.335 e. The Morgan fingerprint density at radius 1 is 1.24 bits per heavy atom. The monoisotopic (exact) mass is 350 g/mol. The van der Waals surface area contributed by atoms with Crippen LogP contribution in [0.4, 0.5) is 0 Å². The summed E-state index contributed by atoms with van der Waals surface area (Å²) in [6.07, 6.45) is 8.32. The highest BCUT2D eigenvalue weighted by Gasteiger charge is 2.37. The van der Waals surface area contributed by atoms with Gasteiger partial charge in [0.15, 0.2) is 0 Å². The SMILES string of the molecule is CCCC[C@@H]1C(C(=O)OC)=CN(C)C=C1C(=O)N1CCC[C@H]1COC. The first-order valence-electron chi connectivity index (χ1n) is 9.07. The van der Waals surface area contributed by atoms with Crippen LogP contribution in [0.5, 0.6) is 0 Å². The van der Waals surface area contributed by atoms with E-state index in [1.54, 1.807) is 18.2 Å². The zero-order chi connectivity index (χ0) is 18.4. The molecule has 0 spiro atoms. The number of carbonyl (C=O) groups is 2. The summed E-state index contributed by atoms with van der Waals surface area (Å²) in [5.74, 6) is -0.553. The molecule has 0 N–H and O–H groups in total. The molecule has 0 aromatic heterocycles. The summed E-state index contributed by atoms with van der Waals surface area (Å²) in [5.41, 5.74) is 1.24. The van der Waals surface area contributed by atoms with Gasteiger partial charge >= 0.3 is 5.97 Å². The van der Waals surface area contributed by atoms with Crippen LogP contribution in [0.25, 0.3) is 0 Å². The minimum absolute atomic E-state index is 0.0157. The highest BCUT2D eigenvalue weighted by molar-refractivity contribution is 5.99. The lowest BCUT2D eigenvalue weighted by Gasteiger charge is -2.32. The van der Waals surface area contributed by atoms with Crippen molar-refractivity contribution in [2.45, 2.75) is 45.1 Å². The van der Waals surface area contributed by atoms with Crippen molar-refractivity contribution < 1.29 is 19.1 Å². The normalized spacial score (nSPS) is 23.4. The van der Waals surface area contributed by atoms with Crippen molar-refractivity contribution >= 4 is 11.9 Å². The molecular formula is C19H30N2O4. The molecule has 2 aliphatic heterocycles. The molecule has 6 heteroatoms. The summed E-state index contributed by atoms with van der Waals surface area (Å²) in [4.78, 5) is 29.2. The average molecular weight is 350 g/mol. The number of rotatable bonds is 7. The summed E-state index contributed by atoms with van der Waals surface area (Å²) in [6, 6.07) is 0.114. The van der Waals surface area contributed by atoms with Crippen molar-refractivity contribution in [2.75, 3.05) is 34.4 Å². The van der Waals surface area contributed by atoms with Crippen LogP contribution in [-0.4, -0.2) is 62.1 Å². The van der Waals surface area contributed by atoms with Gasteiger partial charge in [0, 0.05) is 44.6 Å².